The topological polar surface area (TPSA) is 97.7 Å². The molecule has 0 bridgehead atoms. The van der Waals surface area contributed by atoms with Crippen molar-refractivity contribution in [2.45, 2.75) is 42.6 Å². The van der Waals surface area contributed by atoms with Crippen LogP contribution in [0.1, 0.15) is 42.7 Å². The molecule has 0 saturated heterocycles. The third-order valence-corrected chi connectivity index (χ3v) is 6.84. The number of ether oxygens (including phenoxy) is 1. The number of benzene rings is 2. The van der Waals surface area contributed by atoms with Gasteiger partial charge in [-0.3, -0.25) is 4.79 Å². The van der Waals surface area contributed by atoms with Crippen LogP contribution in [0.15, 0.2) is 65.6 Å². The van der Waals surface area contributed by atoms with Gasteiger partial charge >= 0.3 is 11.9 Å². The molecule has 0 aromatic heterocycles. The van der Waals surface area contributed by atoms with Crippen molar-refractivity contribution in [1.82, 2.24) is 0 Å². The fourth-order valence-electron chi connectivity index (χ4n) is 3.53. The molecule has 0 radical (unpaired) electrons. The quantitative estimate of drug-likeness (QED) is 0.507. The smallest absolute Gasteiger partial charge is 0.328 e. The van der Waals surface area contributed by atoms with Crippen LogP contribution in [0.3, 0.4) is 0 Å². The highest BCUT2D eigenvalue weighted by Gasteiger charge is 2.32. The average molecular weight is 429 g/mol. The molecular weight excluding hydrogens is 404 g/mol. The van der Waals surface area contributed by atoms with E-state index in [1.807, 2.05) is 0 Å². The van der Waals surface area contributed by atoms with Crippen molar-refractivity contribution in [1.29, 1.82) is 0 Å². The number of hydrogen-bond donors (Lipinski definition) is 1. The Kier molecular flexibility index (Phi) is 7.05. The van der Waals surface area contributed by atoms with E-state index in [2.05, 4.69) is 0 Å². The van der Waals surface area contributed by atoms with Gasteiger partial charge in [-0.15, -0.1) is 0 Å². The SMILES string of the molecule is O=C(O)/C=C/c1cccc(S(=O)(=O)C[C@H](C(=O)OC2CCCC2)c2ccccc2)c1. The highest BCUT2D eigenvalue weighted by atomic mass is 32.2. The van der Waals surface area contributed by atoms with Gasteiger partial charge in [-0.05, 0) is 55.0 Å². The second kappa shape index (κ2) is 9.71. The van der Waals surface area contributed by atoms with Crippen LogP contribution in [-0.4, -0.2) is 37.3 Å². The normalized spacial score (nSPS) is 15.9. The number of sulfone groups is 1. The summed E-state index contributed by atoms with van der Waals surface area (Å²) >= 11 is 0. The first-order chi connectivity index (χ1) is 14.3. The molecule has 2 aromatic carbocycles. The highest BCUT2D eigenvalue weighted by molar-refractivity contribution is 7.91. The first-order valence-electron chi connectivity index (χ1n) is 9.84. The Morgan fingerprint density at radius 2 is 1.77 bits per heavy atom. The molecule has 1 atom stereocenters. The summed E-state index contributed by atoms with van der Waals surface area (Å²) in [5.41, 5.74) is 1.04. The summed E-state index contributed by atoms with van der Waals surface area (Å²) in [6.07, 6.45) is 5.72. The Balaban J connectivity index is 1.86. The fourth-order valence-corrected chi connectivity index (χ4v) is 5.09. The van der Waals surface area contributed by atoms with Crippen LogP contribution >= 0.6 is 0 Å². The molecule has 1 N–H and O–H groups in total. The standard InChI is InChI=1S/C23H24O6S/c24-22(25)14-13-17-7-6-12-20(15-17)30(27,28)16-21(18-8-2-1-3-9-18)23(26)29-19-10-4-5-11-19/h1-3,6-9,12-15,19,21H,4-5,10-11,16H2,(H,24,25)/b14-13+/t21-/m0/s1. The monoisotopic (exact) mass is 428 g/mol. The molecule has 30 heavy (non-hydrogen) atoms. The van der Waals surface area contributed by atoms with Gasteiger partial charge in [-0.1, -0.05) is 42.5 Å². The molecule has 0 amide bonds. The Morgan fingerprint density at radius 1 is 1.07 bits per heavy atom. The summed E-state index contributed by atoms with van der Waals surface area (Å²) in [4.78, 5) is 23.6. The Labute approximate surface area is 176 Å². The zero-order chi connectivity index (χ0) is 21.6. The minimum atomic E-state index is -3.83. The maximum atomic E-state index is 13.1. The van der Waals surface area contributed by atoms with Gasteiger partial charge in [0.25, 0.3) is 0 Å². The maximum Gasteiger partial charge on any atom is 0.328 e. The van der Waals surface area contributed by atoms with E-state index >= 15 is 0 Å². The van der Waals surface area contributed by atoms with E-state index in [4.69, 9.17) is 9.84 Å². The van der Waals surface area contributed by atoms with Crippen LogP contribution in [0.5, 0.6) is 0 Å². The Hall–Kier alpha value is -2.93. The van der Waals surface area contributed by atoms with Crippen molar-refractivity contribution in [3.05, 3.63) is 71.8 Å². The lowest BCUT2D eigenvalue weighted by Gasteiger charge is -2.19. The average Bonchev–Trinajstić information content (AvgIpc) is 3.24. The van der Waals surface area contributed by atoms with Gasteiger partial charge in [-0.2, -0.15) is 0 Å². The largest absolute Gasteiger partial charge is 0.478 e. The van der Waals surface area contributed by atoms with Crippen LogP contribution in [0, 0.1) is 0 Å². The van der Waals surface area contributed by atoms with Crippen molar-refractivity contribution in [3.63, 3.8) is 0 Å². The second-order valence-electron chi connectivity index (χ2n) is 7.33. The van der Waals surface area contributed by atoms with Crippen molar-refractivity contribution < 1.29 is 27.9 Å². The molecule has 6 nitrogen and oxygen atoms in total. The summed E-state index contributed by atoms with van der Waals surface area (Å²) in [7, 11) is -3.83. The molecule has 2 aromatic rings. The number of esters is 1. The van der Waals surface area contributed by atoms with Crippen LogP contribution in [0.4, 0.5) is 0 Å². The zero-order valence-corrected chi connectivity index (χ0v) is 17.3. The molecule has 0 unspecified atom stereocenters. The zero-order valence-electron chi connectivity index (χ0n) is 16.4. The molecule has 0 heterocycles. The van der Waals surface area contributed by atoms with E-state index < -0.39 is 33.4 Å². The van der Waals surface area contributed by atoms with E-state index in [1.54, 1.807) is 42.5 Å². The predicted octanol–water partition coefficient (Wildman–Crippen LogP) is 3.83. The molecule has 0 aliphatic heterocycles. The number of carboxylic acids is 1. The summed E-state index contributed by atoms with van der Waals surface area (Å²) < 4.78 is 31.8. The van der Waals surface area contributed by atoms with Gasteiger partial charge in [0.15, 0.2) is 9.84 Å². The summed E-state index contributed by atoms with van der Waals surface area (Å²) in [5.74, 6) is -3.01. The number of carboxylic acid groups (broad SMARTS) is 1. The molecule has 1 aliphatic rings. The number of carbonyl (C=O) groups excluding carboxylic acids is 1. The number of hydrogen-bond acceptors (Lipinski definition) is 5. The molecule has 3 rings (SSSR count). The van der Waals surface area contributed by atoms with E-state index in [0.717, 1.165) is 31.8 Å². The summed E-state index contributed by atoms with van der Waals surface area (Å²) in [6, 6.07) is 14.8. The minimum absolute atomic E-state index is 0.0321. The van der Waals surface area contributed by atoms with E-state index in [9.17, 15) is 18.0 Å². The van der Waals surface area contributed by atoms with E-state index in [0.29, 0.717) is 11.1 Å². The van der Waals surface area contributed by atoms with E-state index in [-0.39, 0.29) is 11.0 Å². The maximum absolute atomic E-state index is 13.1. The Bertz CT molecular complexity index is 1020. The number of rotatable bonds is 8. The van der Waals surface area contributed by atoms with Crippen molar-refractivity contribution in [3.8, 4) is 0 Å². The van der Waals surface area contributed by atoms with Crippen LogP contribution in [-0.2, 0) is 24.2 Å². The lowest BCUT2D eigenvalue weighted by Crippen LogP contribution is -2.27. The highest BCUT2D eigenvalue weighted by Crippen LogP contribution is 2.27. The third-order valence-electron chi connectivity index (χ3n) is 5.09. The van der Waals surface area contributed by atoms with Gasteiger partial charge in [0.2, 0.25) is 0 Å². The van der Waals surface area contributed by atoms with Gasteiger partial charge < -0.3 is 9.84 Å². The van der Waals surface area contributed by atoms with Crippen LogP contribution < -0.4 is 0 Å². The van der Waals surface area contributed by atoms with Crippen molar-refractivity contribution >= 4 is 27.9 Å². The van der Waals surface area contributed by atoms with Gasteiger partial charge in [0, 0.05) is 6.08 Å². The van der Waals surface area contributed by atoms with E-state index in [1.165, 1.54) is 18.2 Å². The first kappa shape index (κ1) is 21.8. The third kappa shape index (κ3) is 5.79. The van der Waals surface area contributed by atoms with Gasteiger partial charge in [0.05, 0.1) is 16.6 Å². The minimum Gasteiger partial charge on any atom is -0.478 e. The lowest BCUT2D eigenvalue weighted by molar-refractivity contribution is -0.150. The molecular formula is C23H24O6S. The fraction of sp³-hybridized carbons (Fsp3) is 0.304. The molecule has 1 saturated carbocycles. The molecule has 1 aliphatic carbocycles. The summed E-state index contributed by atoms with van der Waals surface area (Å²) in [6.45, 7) is 0. The van der Waals surface area contributed by atoms with Crippen molar-refractivity contribution in [2.24, 2.45) is 0 Å². The number of aliphatic carboxylic acids is 1. The molecule has 7 heteroatoms. The summed E-state index contributed by atoms with van der Waals surface area (Å²) in [5, 5.41) is 8.77. The first-order valence-corrected chi connectivity index (χ1v) is 11.5. The van der Waals surface area contributed by atoms with Crippen LogP contribution in [0.2, 0.25) is 0 Å². The Morgan fingerprint density at radius 3 is 2.43 bits per heavy atom. The molecule has 1 fully saturated rings. The molecule has 0 spiro atoms. The second-order valence-corrected chi connectivity index (χ2v) is 9.37. The predicted molar refractivity (Wildman–Crippen MR) is 113 cm³/mol. The van der Waals surface area contributed by atoms with Crippen molar-refractivity contribution in [2.75, 3.05) is 5.75 Å². The number of carbonyl (C=O) groups is 2. The van der Waals surface area contributed by atoms with Crippen LogP contribution in [0.25, 0.3) is 6.08 Å². The van der Waals surface area contributed by atoms with Gasteiger partial charge in [-0.25, -0.2) is 13.2 Å². The lowest BCUT2D eigenvalue weighted by atomic mass is 10.0. The molecule has 158 valence electrons. The van der Waals surface area contributed by atoms with Gasteiger partial charge in [0.1, 0.15) is 6.10 Å².